The summed E-state index contributed by atoms with van der Waals surface area (Å²) in [6.07, 6.45) is 6.25. The fraction of sp³-hybridized carbons (Fsp3) is 0.706. The van der Waals surface area contributed by atoms with E-state index in [1.165, 1.54) is 18.4 Å². The number of nitrogens with one attached hydrogen (secondary N) is 1. The van der Waals surface area contributed by atoms with Crippen molar-refractivity contribution in [3.63, 3.8) is 0 Å². The standard InChI is InChI=1S/C17H23N3O/c1-10-13-15(20-19-10)18-11-8-16(2,3)9-12(21)14(11)17(13)6-4-5-7-17/h14H,4-9H2,1-3H3,(H,19,20). The number of H-pyrrole nitrogens is 1. The van der Waals surface area contributed by atoms with E-state index in [1.54, 1.807) is 0 Å². The second kappa shape index (κ2) is 4.05. The number of hydrogen-bond donors (Lipinski definition) is 1. The van der Waals surface area contributed by atoms with E-state index in [-0.39, 0.29) is 16.7 Å². The van der Waals surface area contributed by atoms with Crippen LogP contribution in [0.15, 0.2) is 4.99 Å². The van der Waals surface area contributed by atoms with Gasteiger partial charge in [0.2, 0.25) is 0 Å². The molecule has 2 heterocycles. The zero-order valence-electron chi connectivity index (χ0n) is 13.1. The highest BCUT2D eigenvalue weighted by Crippen LogP contribution is 2.56. The summed E-state index contributed by atoms with van der Waals surface area (Å²) in [4.78, 5) is 17.7. The molecule has 4 nitrogen and oxygen atoms in total. The van der Waals surface area contributed by atoms with Gasteiger partial charge in [-0.15, -0.1) is 0 Å². The van der Waals surface area contributed by atoms with Gasteiger partial charge in [-0.3, -0.25) is 9.89 Å². The first-order valence-electron chi connectivity index (χ1n) is 8.09. The van der Waals surface area contributed by atoms with Gasteiger partial charge in [0.05, 0.1) is 5.92 Å². The Bertz CT molecular complexity index is 647. The maximum Gasteiger partial charge on any atom is 0.177 e. The highest BCUT2D eigenvalue weighted by atomic mass is 16.1. The Morgan fingerprint density at radius 1 is 1.19 bits per heavy atom. The molecule has 21 heavy (non-hydrogen) atoms. The number of aromatic amines is 1. The Morgan fingerprint density at radius 3 is 2.62 bits per heavy atom. The molecule has 1 atom stereocenters. The van der Waals surface area contributed by atoms with E-state index in [0.29, 0.717) is 12.2 Å². The number of rotatable bonds is 0. The lowest BCUT2D eigenvalue weighted by atomic mass is 9.57. The molecule has 4 rings (SSSR count). The van der Waals surface area contributed by atoms with Crippen LogP contribution in [0.25, 0.3) is 0 Å². The molecular weight excluding hydrogens is 262 g/mol. The van der Waals surface area contributed by atoms with Crippen molar-refractivity contribution >= 4 is 17.3 Å². The Kier molecular flexibility index (Phi) is 2.55. The van der Waals surface area contributed by atoms with Crippen LogP contribution in [0, 0.1) is 18.3 Å². The average Bonchev–Trinajstić information content (AvgIpc) is 2.96. The number of aliphatic imine (C=N–C) groups is 1. The van der Waals surface area contributed by atoms with Gasteiger partial charge in [-0.05, 0) is 31.6 Å². The van der Waals surface area contributed by atoms with Crippen LogP contribution in [-0.4, -0.2) is 21.7 Å². The van der Waals surface area contributed by atoms with Crippen LogP contribution < -0.4 is 0 Å². The largest absolute Gasteiger partial charge is 0.299 e. The number of aryl methyl sites for hydroxylation is 1. The van der Waals surface area contributed by atoms with E-state index < -0.39 is 0 Å². The molecule has 0 bridgehead atoms. The highest BCUT2D eigenvalue weighted by molar-refractivity contribution is 6.11. The van der Waals surface area contributed by atoms with Crippen molar-refractivity contribution in [2.45, 2.75) is 64.7 Å². The van der Waals surface area contributed by atoms with Crippen molar-refractivity contribution in [2.24, 2.45) is 16.3 Å². The monoisotopic (exact) mass is 285 g/mol. The van der Waals surface area contributed by atoms with Crippen molar-refractivity contribution in [3.05, 3.63) is 11.3 Å². The maximum absolute atomic E-state index is 12.9. The zero-order valence-corrected chi connectivity index (χ0v) is 13.1. The lowest BCUT2D eigenvalue weighted by Gasteiger charge is -2.46. The van der Waals surface area contributed by atoms with E-state index in [0.717, 1.165) is 36.5 Å². The van der Waals surface area contributed by atoms with Gasteiger partial charge >= 0.3 is 0 Å². The summed E-state index contributed by atoms with van der Waals surface area (Å²) < 4.78 is 0. The maximum atomic E-state index is 12.9. The summed E-state index contributed by atoms with van der Waals surface area (Å²) in [6, 6.07) is 0. The van der Waals surface area contributed by atoms with Crippen LogP contribution in [0.1, 0.15) is 63.6 Å². The summed E-state index contributed by atoms with van der Waals surface area (Å²) in [5.41, 5.74) is 3.46. The van der Waals surface area contributed by atoms with E-state index >= 15 is 0 Å². The molecule has 4 heteroatoms. The first kappa shape index (κ1) is 13.2. The van der Waals surface area contributed by atoms with Crippen molar-refractivity contribution in [2.75, 3.05) is 0 Å². The van der Waals surface area contributed by atoms with Crippen LogP contribution in [0.3, 0.4) is 0 Å². The van der Waals surface area contributed by atoms with Gasteiger partial charge in [-0.25, -0.2) is 4.99 Å². The number of hydrogen-bond acceptors (Lipinski definition) is 3. The van der Waals surface area contributed by atoms with Crippen molar-refractivity contribution in [3.8, 4) is 0 Å². The molecule has 1 aliphatic heterocycles. The van der Waals surface area contributed by atoms with Crippen molar-refractivity contribution < 1.29 is 4.79 Å². The minimum Gasteiger partial charge on any atom is -0.299 e. The predicted molar refractivity (Wildman–Crippen MR) is 82.1 cm³/mol. The Hall–Kier alpha value is -1.45. The average molecular weight is 285 g/mol. The molecule has 0 amide bonds. The third kappa shape index (κ3) is 1.71. The van der Waals surface area contributed by atoms with Crippen LogP contribution in [0.4, 0.5) is 5.82 Å². The molecule has 112 valence electrons. The van der Waals surface area contributed by atoms with Crippen LogP contribution in [0.2, 0.25) is 0 Å². The molecule has 0 saturated heterocycles. The molecule has 1 aromatic heterocycles. The minimum absolute atomic E-state index is 0.0109. The molecule has 1 unspecified atom stereocenters. The first-order valence-corrected chi connectivity index (χ1v) is 8.09. The van der Waals surface area contributed by atoms with Crippen molar-refractivity contribution in [1.82, 2.24) is 10.2 Å². The van der Waals surface area contributed by atoms with Gasteiger partial charge in [-0.2, -0.15) is 5.10 Å². The predicted octanol–water partition coefficient (Wildman–Crippen LogP) is 3.62. The third-order valence-electron chi connectivity index (χ3n) is 5.69. The normalized spacial score (nSPS) is 29.2. The number of fused-ring (bicyclic) bond motifs is 4. The molecule has 2 aliphatic carbocycles. The summed E-state index contributed by atoms with van der Waals surface area (Å²) in [7, 11) is 0. The quantitative estimate of drug-likeness (QED) is 0.791. The van der Waals surface area contributed by atoms with E-state index in [1.807, 2.05) is 0 Å². The smallest absolute Gasteiger partial charge is 0.177 e. The molecule has 3 aliphatic rings. The van der Waals surface area contributed by atoms with E-state index in [2.05, 4.69) is 31.0 Å². The molecule has 0 radical (unpaired) electrons. The summed E-state index contributed by atoms with van der Waals surface area (Å²) in [5.74, 6) is 1.26. The van der Waals surface area contributed by atoms with Gasteiger partial charge in [0.25, 0.3) is 0 Å². The number of Topliss-reactive ketones (excluding diaryl/α,β-unsaturated/α-hetero) is 1. The van der Waals surface area contributed by atoms with Gasteiger partial charge < -0.3 is 0 Å². The van der Waals surface area contributed by atoms with Crippen LogP contribution >= 0.6 is 0 Å². The third-order valence-corrected chi connectivity index (χ3v) is 5.69. The SMILES string of the molecule is Cc1[nH]nc2c1C1(CCCC1)C1C(=O)CC(C)(C)CC1=N2. The van der Waals surface area contributed by atoms with Gasteiger partial charge in [0.1, 0.15) is 5.78 Å². The highest BCUT2D eigenvalue weighted by Gasteiger charge is 2.55. The topological polar surface area (TPSA) is 58.1 Å². The van der Waals surface area contributed by atoms with E-state index in [9.17, 15) is 4.79 Å². The lowest BCUT2D eigenvalue weighted by molar-refractivity contribution is -0.125. The fourth-order valence-corrected chi connectivity index (χ4v) is 5.06. The Balaban J connectivity index is 1.93. The number of ketones is 1. The van der Waals surface area contributed by atoms with E-state index in [4.69, 9.17) is 4.99 Å². The van der Waals surface area contributed by atoms with Crippen molar-refractivity contribution in [1.29, 1.82) is 0 Å². The second-order valence-electron chi connectivity index (χ2n) is 7.93. The molecule has 2 fully saturated rings. The number of carbonyl (C=O) groups excluding carboxylic acids is 1. The fourth-order valence-electron chi connectivity index (χ4n) is 5.06. The molecule has 1 N–H and O–H groups in total. The van der Waals surface area contributed by atoms with Gasteiger partial charge in [0, 0.05) is 28.8 Å². The first-order chi connectivity index (χ1) is 9.93. The zero-order chi connectivity index (χ0) is 14.8. The molecule has 1 spiro atoms. The summed E-state index contributed by atoms with van der Waals surface area (Å²) >= 11 is 0. The number of carbonyl (C=O) groups is 1. The molecule has 1 aromatic rings. The number of nitrogens with zero attached hydrogens (tertiary/aromatic N) is 2. The van der Waals surface area contributed by atoms with Gasteiger partial charge in [-0.1, -0.05) is 26.7 Å². The van der Waals surface area contributed by atoms with Crippen LogP contribution in [0.5, 0.6) is 0 Å². The number of aromatic nitrogens is 2. The Morgan fingerprint density at radius 2 is 1.90 bits per heavy atom. The molecule has 2 saturated carbocycles. The van der Waals surface area contributed by atoms with Crippen LogP contribution in [-0.2, 0) is 10.2 Å². The Labute approximate surface area is 125 Å². The second-order valence-corrected chi connectivity index (χ2v) is 7.93. The van der Waals surface area contributed by atoms with Gasteiger partial charge in [0.15, 0.2) is 5.82 Å². The lowest BCUT2D eigenvalue weighted by Crippen LogP contribution is -2.50. The molecular formula is C17H23N3O. The summed E-state index contributed by atoms with van der Waals surface area (Å²) in [6.45, 7) is 6.43. The summed E-state index contributed by atoms with van der Waals surface area (Å²) in [5, 5.41) is 7.52. The minimum atomic E-state index is -0.0168. The molecule has 0 aromatic carbocycles.